The van der Waals surface area contributed by atoms with Crippen LogP contribution in [0.15, 0.2) is 17.0 Å². The second kappa shape index (κ2) is 6.07. The van der Waals surface area contributed by atoms with Gasteiger partial charge in [-0.25, -0.2) is 17.5 Å². The lowest BCUT2D eigenvalue weighted by Crippen LogP contribution is -2.28. The van der Waals surface area contributed by atoms with Crippen molar-refractivity contribution in [1.82, 2.24) is 4.72 Å². The maximum absolute atomic E-state index is 13.5. The summed E-state index contributed by atoms with van der Waals surface area (Å²) in [6, 6.07) is 2.23. The number of benzene rings is 1. The van der Waals surface area contributed by atoms with E-state index in [0.29, 0.717) is 19.1 Å². The van der Waals surface area contributed by atoms with Crippen molar-refractivity contribution in [1.29, 1.82) is 0 Å². The van der Waals surface area contributed by atoms with E-state index < -0.39 is 15.8 Å². The summed E-state index contributed by atoms with van der Waals surface area (Å²) >= 11 is 0. The van der Waals surface area contributed by atoms with Gasteiger partial charge in [-0.1, -0.05) is 0 Å². The molecule has 5 nitrogen and oxygen atoms in total. The number of halogens is 1. The molecule has 0 spiro atoms. The molecule has 0 amide bonds. The first-order valence-corrected chi connectivity index (χ1v) is 8.01. The predicted octanol–water partition coefficient (Wildman–Crippen LogP) is 1.42. The van der Waals surface area contributed by atoms with Crippen molar-refractivity contribution >= 4 is 15.7 Å². The van der Waals surface area contributed by atoms with E-state index in [1.807, 2.05) is 0 Å². The van der Waals surface area contributed by atoms with E-state index in [4.69, 9.17) is 10.5 Å². The zero-order chi connectivity index (χ0) is 14.8. The molecule has 0 radical (unpaired) electrons. The predicted molar refractivity (Wildman–Crippen MR) is 74.3 cm³/mol. The molecule has 1 aromatic carbocycles. The lowest BCUT2D eigenvalue weighted by Gasteiger charge is -2.09. The van der Waals surface area contributed by atoms with Gasteiger partial charge in [-0.3, -0.25) is 0 Å². The van der Waals surface area contributed by atoms with Gasteiger partial charge in [-0.2, -0.15) is 0 Å². The van der Waals surface area contributed by atoms with Crippen LogP contribution in [-0.2, 0) is 14.8 Å². The van der Waals surface area contributed by atoms with Crippen LogP contribution >= 0.6 is 0 Å². The zero-order valence-electron chi connectivity index (χ0n) is 11.4. The van der Waals surface area contributed by atoms with E-state index in [2.05, 4.69) is 4.72 Å². The van der Waals surface area contributed by atoms with Gasteiger partial charge in [0.25, 0.3) is 0 Å². The van der Waals surface area contributed by atoms with Crippen molar-refractivity contribution in [2.75, 3.05) is 25.5 Å². The summed E-state index contributed by atoms with van der Waals surface area (Å²) in [6.45, 7) is 2.64. The molecular weight excluding hydrogens is 283 g/mol. The van der Waals surface area contributed by atoms with Crippen LogP contribution in [0.25, 0.3) is 0 Å². The average molecular weight is 302 g/mol. The summed E-state index contributed by atoms with van der Waals surface area (Å²) in [5, 5.41) is 0. The van der Waals surface area contributed by atoms with Crippen LogP contribution in [0.3, 0.4) is 0 Å². The third kappa shape index (κ3) is 3.91. The molecule has 1 fully saturated rings. The molecule has 1 aliphatic rings. The highest BCUT2D eigenvalue weighted by Crippen LogP contribution is 2.28. The molecule has 2 rings (SSSR count). The lowest BCUT2D eigenvalue weighted by atomic mass is 10.2. The maximum Gasteiger partial charge on any atom is 0.240 e. The molecule has 20 heavy (non-hydrogen) atoms. The van der Waals surface area contributed by atoms with Crippen molar-refractivity contribution in [3.63, 3.8) is 0 Å². The molecule has 7 heteroatoms. The monoisotopic (exact) mass is 302 g/mol. The largest absolute Gasteiger partial charge is 0.398 e. The Bertz CT molecular complexity index is 562. The van der Waals surface area contributed by atoms with Gasteiger partial charge >= 0.3 is 0 Å². The van der Waals surface area contributed by atoms with Crippen molar-refractivity contribution < 1.29 is 17.5 Å². The van der Waals surface area contributed by atoms with Gasteiger partial charge in [0.05, 0.1) is 11.5 Å². The Kier molecular flexibility index (Phi) is 4.62. The first-order chi connectivity index (χ1) is 9.40. The van der Waals surface area contributed by atoms with Crippen LogP contribution in [0.1, 0.15) is 18.4 Å². The topological polar surface area (TPSA) is 81.4 Å². The first-order valence-electron chi connectivity index (χ1n) is 6.53. The quantitative estimate of drug-likeness (QED) is 0.589. The summed E-state index contributed by atoms with van der Waals surface area (Å²) in [4.78, 5) is -0.166. The molecule has 0 atom stereocenters. The Balaban J connectivity index is 1.91. The molecular formula is C13H19FN2O3S. The minimum atomic E-state index is -3.76. The van der Waals surface area contributed by atoms with Crippen molar-refractivity contribution in [3.8, 4) is 0 Å². The Morgan fingerprint density at radius 3 is 2.75 bits per heavy atom. The molecule has 1 aliphatic carbocycles. The second-order valence-corrected chi connectivity index (χ2v) is 6.80. The van der Waals surface area contributed by atoms with E-state index in [-0.39, 0.29) is 22.7 Å². The normalized spacial score (nSPS) is 15.5. The molecule has 0 saturated heterocycles. The van der Waals surface area contributed by atoms with E-state index in [0.717, 1.165) is 6.07 Å². The standard InChI is InChI=1S/C13H19FN2O3S/c1-9-12(14)6-11(7-13(9)15)20(17,18)16-4-5-19-8-10-2-3-10/h6-7,10,16H,2-5,8,15H2,1H3. The van der Waals surface area contributed by atoms with Crippen LogP contribution in [0, 0.1) is 18.7 Å². The fourth-order valence-corrected chi connectivity index (χ4v) is 2.75. The molecule has 3 N–H and O–H groups in total. The van der Waals surface area contributed by atoms with Gasteiger partial charge in [0.1, 0.15) is 5.82 Å². The lowest BCUT2D eigenvalue weighted by molar-refractivity contribution is 0.129. The number of anilines is 1. The third-order valence-electron chi connectivity index (χ3n) is 3.26. The summed E-state index contributed by atoms with van der Waals surface area (Å²) in [5.41, 5.74) is 5.95. The van der Waals surface area contributed by atoms with E-state index >= 15 is 0 Å². The summed E-state index contributed by atoms with van der Waals surface area (Å²) in [6.07, 6.45) is 2.38. The van der Waals surface area contributed by atoms with E-state index in [9.17, 15) is 12.8 Å². The Morgan fingerprint density at radius 1 is 1.45 bits per heavy atom. The second-order valence-electron chi connectivity index (χ2n) is 5.04. The fraction of sp³-hybridized carbons (Fsp3) is 0.538. The van der Waals surface area contributed by atoms with E-state index in [1.165, 1.54) is 25.8 Å². The van der Waals surface area contributed by atoms with Gasteiger partial charge in [-0.15, -0.1) is 0 Å². The average Bonchev–Trinajstić information content (AvgIpc) is 3.19. The van der Waals surface area contributed by atoms with E-state index in [1.54, 1.807) is 0 Å². The SMILES string of the molecule is Cc1c(N)cc(S(=O)(=O)NCCOCC2CC2)cc1F. The van der Waals surface area contributed by atoms with Crippen LogP contribution < -0.4 is 10.5 Å². The van der Waals surface area contributed by atoms with Gasteiger partial charge in [0.15, 0.2) is 0 Å². The minimum absolute atomic E-state index is 0.121. The first kappa shape index (κ1) is 15.2. The van der Waals surface area contributed by atoms with Gasteiger partial charge in [0.2, 0.25) is 10.0 Å². The Morgan fingerprint density at radius 2 is 2.15 bits per heavy atom. The van der Waals surface area contributed by atoms with Crippen molar-refractivity contribution in [3.05, 3.63) is 23.5 Å². The zero-order valence-corrected chi connectivity index (χ0v) is 12.2. The molecule has 0 unspecified atom stereocenters. The number of ether oxygens (including phenoxy) is 1. The fourth-order valence-electron chi connectivity index (χ4n) is 1.70. The maximum atomic E-state index is 13.5. The summed E-state index contributed by atoms with van der Waals surface area (Å²) < 4.78 is 45.1. The Labute approximate surface area is 118 Å². The third-order valence-corrected chi connectivity index (χ3v) is 4.70. The highest BCUT2D eigenvalue weighted by Gasteiger charge is 2.21. The molecule has 0 aliphatic heterocycles. The van der Waals surface area contributed by atoms with Crippen molar-refractivity contribution in [2.24, 2.45) is 5.92 Å². The highest BCUT2D eigenvalue weighted by atomic mass is 32.2. The molecule has 0 aromatic heterocycles. The van der Waals surface area contributed by atoms with Crippen LogP contribution in [-0.4, -0.2) is 28.2 Å². The number of sulfonamides is 1. The van der Waals surface area contributed by atoms with Crippen LogP contribution in [0.4, 0.5) is 10.1 Å². The summed E-state index contributed by atoms with van der Waals surface area (Å²) in [5.74, 6) is 0.00737. The van der Waals surface area contributed by atoms with Gasteiger partial charge in [-0.05, 0) is 37.8 Å². The number of nitrogens with two attached hydrogens (primary N) is 1. The van der Waals surface area contributed by atoms with Crippen LogP contribution in [0.5, 0.6) is 0 Å². The molecule has 1 aromatic rings. The smallest absolute Gasteiger partial charge is 0.240 e. The number of nitrogens with one attached hydrogen (secondary N) is 1. The van der Waals surface area contributed by atoms with Crippen LogP contribution in [0.2, 0.25) is 0 Å². The number of rotatable bonds is 7. The Hall–Kier alpha value is -1.18. The molecule has 112 valence electrons. The summed E-state index contributed by atoms with van der Waals surface area (Å²) in [7, 11) is -3.76. The molecule has 0 heterocycles. The number of nitrogen functional groups attached to an aromatic ring is 1. The highest BCUT2D eigenvalue weighted by molar-refractivity contribution is 7.89. The van der Waals surface area contributed by atoms with Crippen molar-refractivity contribution in [2.45, 2.75) is 24.7 Å². The number of hydrogen-bond acceptors (Lipinski definition) is 4. The van der Waals surface area contributed by atoms with Gasteiger partial charge in [0, 0.05) is 24.4 Å². The van der Waals surface area contributed by atoms with Gasteiger partial charge < -0.3 is 10.5 Å². The number of hydrogen-bond donors (Lipinski definition) is 2. The minimum Gasteiger partial charge on any atom is -0.398 e. The molecule has 0 bridgehead atoms. The molecule has 1 saturated carbocycles.